The predicted molar refractivity (Wildman–Crippen MR) is 125 cm³/mol. The number of H-pyrrole nitrogens is 1. The van der Waals surface area contributed by atoms with E-state index in [1.54, 1.807) is 0 Å². The number of benzene rings is 1. The van der Waals surface area contributed by atoms with E-state index in [2.05, 4.69) is 4.98 Å². The van der Waals surface area contributed by atoms with Gasteiger partial charge in [0, 0.05) is 19.6 Å². The summed E-state index contributed by atoms with van der Waals surface area (Å²) < 4.78 is 1.34. The van der Waals surface area contributed by atoms with E-state index in [9.17, 15) is 14.4 Å². The maximum atomic E-state index is 13.4. The van der Waals surface area contributed by atoms with Crippen LogP contribution >= 0.6 is 0 Å². The summed E-state index contributed by atoms with van der Waals surface area (Å²) in [5.74, 6) is 0.0628. The summed E-state index contributed by atoms with van der Waals surface area (Å²) in [4.78, 5) is 44.2. The molecule has 0 aliphatic carbocycles. The minimum atomic E-state index is -0.636. The number of hydrogen-bond acceptors (Lipinski definition) is 5. The standard InChI is InChI=1S/C23H35N5O3/c1-6-26(14-18-10-8-7-9-11-18)15-19(29)27(12-16(2)3)20-21(24)28(13-17(4)5)23(31)25-22(20)30/h7-11,16-17H,6,12-15,24H2,1-5H3,(H,25,30,31). The van der Waals surface area contributed by atoms with E-state index in [1.165, 1.54) is 9.47 Å². The Hall–Kier alpha value is -2.87. The monoisotopic (exact) mass is 429 g/mol. The second-order valence-electron chi connectivity index (χ2n) is 8.68. The van der Waals surface area contributed by atoms with Crippen molar-refractivity contribution in [2.75, 3.05) is 30.3 Å². The van der Waals surface area contributed by atoms with Gasteiger partial charge in [-0.25, -0.2) is 4.79 Å². The molecule has 31 heavy (non-hydrogen) atoms. The first-order valence-electron chi connectivity index (χ1n) is 10.8. The molecule has 8 heteroatoms. The number of carbonyl (C=O) groups is 1. The molecule has 0 unspecified atom stereocenters. The van der Waals surface area contributed by atoms with Crippen LogP contribution in [0, 0.1) is 11.8 Å². The van der Waals surface area contributed by atoms with E-state index in [-0.39, 0.29) is 35.8 Å². The Morgan fingerprint density at radius 1 is 1.10 bits per heavy atom. The molecule has 2 aromatic rings. The lowest BCUT2D eigenvalue weighted by Crippen LogP contribution is -2.46. The SMILES string of the molecule is CCN(CC(=O)N(CC(C)C)c1c(N)n(CC(C)C)c(=O)[nH]c1=O)Cc1ccccc1. The van der Waals surface area contributed by atoms with Crippen molar-refractivity contribution in [3.63, 3.8) is 0 Å². The molecule has 170 valence electrons. The fourth-order valence-corrected chi connectivity index (χ4v) is 3.47. The number of nitrogens with zero attached hydrogens (tertiary/aromatic N) is 3. The molecule has 0 radical (unpaired) electrons. The van der Waals surface area contributed by atoms with Gasteiger partial charge in [0.15, 0.2) is 5.69 Å². The Morgan fingerprint density at radius 3 is 2.29 bits per heavy atom. The number of nitrogen functional groups attached to an aromatic ring is 1. The van der Waals surface area contributed by atoms with Crippen LogP contribution < -0.4 is 21.9 Å². The van der Waals surface area contributed by atoms with Crippen molar-refractivity contribution in [3.8, 4) is 0 Å². The van der Waals surface area contributed by atoms with Gasteiger partial charge in [-0.05, 0) is 23.9 Å². The Kier molecular flexibility index (Phi) is 8.62. The number of nitrogens with one attached hydrogen (secondary N) is 1. The minimum Gasteiger partial charge on any atom is -0.383 e. The summed E-state index contributed by atoms with van der Waals surface area (Å²) in [6.07, 6.45) is 0. The lowest BCUT2D eigenvalue weighted by atomic mass is 10.1. The molecule has 8 nitrogen and oxygen atoms in total. The zero-order valence-corrected chi connectivity index (χ0v) is 19.2. The van der Waals surface area contributed by atoms with Gasteiger partial charge in [-0.15, -0.1) is 0 Å². The molecule has 0 spiro atoms. The zero-order valence-electron chi connectivity index (χ0n) is 19.2. The summed E-state index contributed by atoms with van der Waals surface area (Å²) in [6, 6.07) is 9.92. The van der Waals surface area contributed by atoms with Crippen molar-refractivity contribution in [2.24, 2.45) is 11.8 Å². The van der Waals surface area contributed by atoms with Gasteiger partial charge in [-0.3, -0.25) is 24.0 Å². The van der Waals surface area contributed by atoms with Crippen LogP contribution in [0.3, 0.4) is 0 Å². The van der Waals surface area contributed by atoms with Crippen LogP contribution in [0.15, 0.2) is 39.9 Å². The molecule has 0 saturated heterocycles. The van der Waals surface area contributed by atoms with Gasteiger partial charge < -0.3 is 10.6 Å². The normalized spacial score (nSPS) is 11.5. The van der Waals surface area contributed by atoms with Crippen molar-refractivity contribution in [1.82, 2.24) is 14.5 Å². The maximum absolute atomic E-state index is 13.4. The smallest absolute Gasteiger partial charge is 0.330 e. The van der Waals surface area contributed by atoms with E-state index < -0.39 is 11.2 Å². The van der Waals surface area contributed by atoms with Gasteiger partial charge in [-0.1, -0.05) is 65.0 Å². The highest BCUT2D eigenvalue weighted by Crippen LogP contribution is 2.20. The highest BCUT2D eigenvalue weighted by atomic mass is 16.2. The van der Waals surface area contributed by atoms with Crippen molar-refractivity contribution < 1.29 is 4.79 Å². The molecule has 0 aliphatic rings. The molecular weight excluding hydrogens is 394 g/mol. The van der Waals surface area contributed by atoms with Crippen molar-refractivity contribution in [2.45, 2.75) is 47.7 Å². The number of aromatic amines is 1. The van der Waals surface area contributed by atoms with Crippen LogP contribution in [-0.2, 0) is 17.9 Å². The summed E-state index contributed by atoms with van der Waals surface area (Å²) in [6.45, 7) is 12.0. The largest absolute Gasteiger partial charge is 0.383 e. The molecule has 1 heterocycles. The van der Waals surface area contributed by atoms with E-state index in [1.807, 2.05) is 69.9 Å². The van der Waals surface area contributed by atoms with Crippen LogP contribution in [0.2, 0.25) is 0 Å². The van der Waals surface area contributed by atoms with Gasteiger partial charge in [-0.2, -0.15) is 0 Å². The molecule has 1 aromatic heterocycles. The predicted octanol–water partition coefficient (Wildman–Crippen LogP) is 2.29. The number of anilines is 2. The van der Waals surface area contributed by atoms with E-state index >= 15 is 0 Å². The third-order valence-corrected chi connectivity index (χ3v) is 4.94. The number of likely N-dealkylation sites (N-methyl/N-ethyl adjacent to an activating group) is 1. The third kappa shape index (κ3) is 6.55. The Balaban J connectivity index is 2.40. The lowest BCUT2D eigenvalue weighted by Gasteiger charge is -2.29. The van der Waals surface area contributed by atoms with Crippen LogP contribution in [-0.4, -0.2) is 40.0 Å². The van der Waals surface area contributed by atoms with Crippen LogP contribution in [0.25, 0.3) is 0 Å². The summed E-state index contributed by atoms with van der Waals surface area (Å²) >= 11 is 0. The fourth-order valence-electron chi connectivity index (χ4n) is 3.47. The number of amides is 1. The Morgan fingerprint density at radius 2 is 1.74 bits per heavy atom. The molecule has 0 saturated carbocycles. The number of hydrogen-bond donors (Lipinski definition) is 2. The summed E-state index contributed by atoms with van der Waals surface area (Å²) in [5.41, 5.74) is 6.23. The number of carbonyl (C=O) groups excluding carboxylic acids is 1. The molecule has 0 aliphatic heterocycles. The first kappa shape index (κ1) is 24.4. The van der Waals surface area contributed by atoms with Gasteiger partial charge in [0.05, 0.1) is 6.54 Å². The third-order valence-electron chi connectivity index (χ3n) is 4.94. The fraction of sp³-hybridized carbons (Fsp3) is 0.522. The average molecular weight is 430 g/mol. The van der Waals surface area contributed by atoms with Crippen molar-refractivity contribution in [3.05, 3.63) is 56.7 Å². The minimum absolute atomic E-state index is 0.0301. The van der Waals surface area contributed by atoms with Crippen LogP contribution in [0.1, 0.15) is 40.2 Å². The molecule has 3 N–H and O–H groups in total. The maximum Gasteiger partial charge on any atom is 0.330 e. The van der Waals surface area contributed by atoms with Gasteiger partial charge in [0.1, 0.15) is 5.82 Å². The van der Waals surface area contributed by atoms with E-state index in [0.717, 1.165) is 5.56 Å². The highest BCUT2D eigenvalue weighted by molar-refractivity contribution is 5.96. The molecule has 0 fully saturated rings. The summed E-state index contributed by atoms with van der Waals surface area (Å²) in [5, 5.41) is 0. The number of rotatable bonds is 10. The average Bonchev–Trinajstić information content (AvgIpc) is 2.70. The lowest BCUT2D eigenvalue weighted by molar-refractivity contribution is -0.120. The molecule has 0 atom stereocenters. The zero-order chi connectivity index (χ0) is 23.1. The van der Waals surface area contributed by atoms with Crippen molar-refractivity contribution >= 4 is 17.4 Å². The number of aromatic nitrogens is 2. The number of nitrogens with two attached hydrogens (primary N) is 1. The Bertz CT molecular complexity index is 979. The molecule has 2 rings (SSSR count). The van der Waals surface area contributed by atoms with E-state index in [4.69, 9.17) is 5.73 Å². The molecular formula is C23H35N5O3. The first-order valence-corrected chi connectivity index (χ1v) is 10.8. The highest BCUT2D eigenvalue weighted by Gasteiger charge is 2.26. The first-order chi connectivity index (χ1) is 14.6. The molecule has 0 bridgehead atoms. The summed E-state index contributed by atoms with van der Waals surface area (Å²) in [7, 11) is 0. The van der Waals surface area contributed by atoms with Gasteiger partial charge in [0.25, 0.3) is 5.56 Å². The Labute approximate surface area is 183 Å². The van der Waals surface area contributed by atoms with Gasteiger partial charge >= 0.3 is 5.69 Å². The van der Waals surface area contributed by atoms with E-state index in [0.29, 0.717) is 26.2 Å². The van der Waals surface area contributed by atoms with Crippen LogP contribution in [0.4, 0.5) is 11.5 Å². The topological polar surface area (TPSA) is 104 Å². The van der Waals surface area contributed by atoms with Gasteiger partial charge in [0.2, 0.25) is 5.91 Å². The van der Waals surface area contributed by atoms with Crippen molar-refractivity contribution in [1.29, 1.82) is 0 Å². The quantitative estimate of drug-likeness (QED) is 0.603. The van der Waals surface area contributed by atoms with Crippen LogP contribution in [0.5, 0.6) is 0 Å². The molecule has 1 aromatic carbocycles. The second-order valence-corrected chi connectivity index (χ2v) is 8.68. The molecule has 1 amide bonds. The second kappa shape index (κ2) is 10.9.